The first-order valence-electron chi connectivity index (χ1n) is 11.5. The van der Waals surface area contributed by atoms with Gasteiger partial charge in [-0.25, -0.2) is 8.78 Å². The van der Waals surface area contributed by atoms with Gasteiger partial charge in [0.1, 0.15) is 11.6 Å². The third-order valence-electron chi connectivity index (χ3n) is 5.36. The van der Waals surface area contributed by atoms with Gasteiger partial charge < -0.3 is 9.47 Å². The topological polar surface area (TPSA) is 42.2 Å². The Morgan fingerprint density at radius 2 is 1.21 bits per heavy atom. The Morgan fingerprint density at radius 1 is 0.706 bits per heavy atom. The Hall–Kier alpha value is -3.33. The SMILES string of the molecule is N#C/C(CCCOCc1ccccc1)=C(\CCCOCc1ccccc1)c1cc(F)cc(F)c1. The second-order valence-electron chi connectivity index (χ2n) is 8.01. The Morgan fingerprint density at radius 3 is 1.71 bits per heavy atom. The smallest absolute Gasteiger partial charge is 0.126 e. The number of halogens is 2. The standard InChI is InChI=1S/C29H29F2NO2/c30-27-17-26(18-28(31)19-27)29(14-8-16-34-22-24-11-5-2-6-12-24)25(20-32)13-7-15-33-21-23-9-3-1-4-10-23/h1-6,9-12,17-19H,7-8,13-16,21-22H2/b29-25+. The molecule has 0 amide bonds. The molecule has 0 radical (unpaired) electrons. The number of hydrogen-bond acceptors (Lipinski definition) is 3. The van der Waals surface area contributed by atoms with Gasteiger partial charge in [0.25, 0.3) is 0 Å². The minimum Gasteiger partial charge on any atom is -0.377 e. The fourth-order valence-electron chi connectivity index (χ4n) is 3.70. The highest BCUT2D eigenvalue weighted by Gasteiger charge is 2.12. The van der Waals surface area contributed by atoms with Crippen molar-refractivity contribution in [3.63, 3.8) is 0 Å². The van der Waals surface area contributed by atoms with Crippen LogP contribution in [0.25, 0.3) is 5.57 Å². The molecule has 0 aromatic heterocycles. The molecule has 34 heavy (non-hydrogen) atoms. The van der Waals surface area contributed by atoms with Gasteiger partial charge in [-0.2, -0.15) is 5.26 Å². The molecule has 0 heterocycles. The van der Waals surface area contributed by atoms with E-state index in [1.165, 1.54) is 12.1 Å². The molecule has 0 fully saturated rings. The van der Waals surface area contributed by atoms with Crippen molar-refractivity contribution in [2.45, 2.75) is 38.9 Å². The van der Waals surface area contributed by atoms with Crippen LogP contribution in [0.15, 0.2) is 84.4 Å². The zero-order valence-electron chi connectivity index (χ0n) is 19.2. The largest absolute Gasteiger partial charge is 0.377 e. The Balaban J connectivity index is 1.59. The lowest BCUT2D eigenvalue weighted by Crippen LogP contribution is -2.01. The van der Waals surface area contributed by atoms with Gasteiger partial charge in [0, 0.05) is 24.9 Å². The second-order valence-corrected chi connectivity index (χ2v) is 8.01. The number of nitrogens with zero attached hydrogens (tertiary/aromatic N) is 1. The highest BCUT2D eigenvalue weighted by molar-refractivity contribution is 5.71. The van der Waals surface area contributed by atoms with Gasteiger partial charge in [0.2, 0.25) is 0 Å². The molecule has 0 saturated carbocycles. The molecule has 0 aliphatic rings. The van der Waals surface area contributed by atoms with Gasteiger partial charge in [0.05, 0.1) is 19.3 Å². The van der Waals surface area contributed by atoms with Crippen LogP contribution >= 0.6 is 0 Å². The normalized spacial score (nSPS) is 11.7. The zero-order chi connectivity index (χ0) is 24.0. The maximum Gasteiger partial charge on any atom is 0.126 e. The molecule has 3 rings (SSSR count). The van der Waals surface area contributed by atoms with Crippen LogP contribution < -0.4 is 0 Å². The summed E-state index contributed by atoms with van der Waals surface area (Å²) in [5.74, 6) is -1.31. The molecule has 0 aliphatic heterocycles. The zero-order valence-corrected chi connectivity index (χ0v) is 19.2. The van der Waals surface area contributed by atoms with Crippen molar-refractivity contribution in [3.05, 3.63) is 113 Å². The molecular weight excluding hydrogens is 432 g/mol. The van der Waals surface area contributed by atoms with E-state index in [1.807, 2.05) is 60.7 Å². The van der Waals surface area contributed by atoms with Crippen LogP contribution in [0.4, 0.5) is 8.78 Å². The van der Waals surface area contributed by atoms with E-state index in [0.717, 1.165) is 17.2 Å². The van der Waals surface area contributed by atoms with Crippen molar-refractivity contribution in [2.24, 2.45) is 0 Å². The molecule has 0 saturated heterocycles. The van der Waals surface area contributed by atoms with Crippen molar-refractivity contribution in [2.75, 3.05) is 13.2 Å². The number of rotatable bonds is 13. The molecule has 0 unspecified atom stereocenters. The summed E-state index contributed by atoms with van der Waals surface area (Å²) in [7, 11) is 0. The van der Waals surface area contributed by atoms with E-state index >= 15 is 0 Å². The summed E-state index contributed by atoms with van der Waals surface area (Å²) in [6.07, 6.45) is 2.24. The molecule has 5 heteroatoms. The minimum atomic E-state index is -0.656. The van der Waals surface area contributed by atoms with E-state index in [4.69, 9.17) is 9.47 Å². The lowest BCUT2D eigenvalue weighted by Gasteiger charge is -2.13. The third kappa shape index (κ3) is 8.55. The van der Waals surface area contributed by atoms with E-state index < -0.39 is 11.6 Å². The Labute approximate surface area is 200 Å². The lowest BCUT2D eigenvalue weighted by atomic mass is 9.93. The minimum absolute atomic E-state index is 0.405. The molecule has 0 N–H and O–H groups in total. The molecule has 3 nitrogen and oxygen atoms in total. The van der Waals surface area contributed by atoms with Crippen LogP contribution in [-0.4, -0.2) is 13.2 Å². The van der Waals surface area contributed by atoms with Crippen molar-refractivity contribution >= 4 is 5.57 Å². The van der Waals surface area contributed by atoms with E-state index in [1.54, 1.807) is 0 Å². The van der Waals surface area contributed by atoms with Crippen molar-refractivity contribution < 1.29 is 18.3 Å². The average molecular weight is 462 g/mol. The van der Waals surface area contributed by atoms with E-state index in [2.05, 4.69) is 6.07 Å². The van der Waals surface area contributed by atoms with Crippen LogP contribution in [0.5, 0.6) is 0 Å². The van der Waals surface area contributed by atoms with E-state index in [9.17, 15) is 14.0 Å². The Kier molecular flexibility index (Phi) is 10.4. The van der Waals surface area contributed by atoms with Gasteiger partial charge in [-0.05, 0) is 60.1 Å². The van der Waals surface area contributed by atoms with Crippen molar-refractivity contribution in [1.82, 2.24) is 0 Å². The monoisotopic (exact) mass is 461 g/mol. The predicted octanol–water partition coefficient (Wildman–Crippen LogP) is 7.24. The average Bonchev–Trinajstić information content (AvgIpc) is 2.85. The molecule has 0 spiro atoms. The molecule has 0 bridgehead atoms. The number of nitriles is 1. The summed E-state index contributed by atoms with van der Waals surface area (Å²) >= 11 is 0. The maximum absolute atomic E-state index is 13.9. The molecule has 3 aromatic carbocycles. The van der Waals surface area contributed by atoms with Crippen LogP contribution in [-0.2, 0) is 22.7 Å². The summed E-state index contributed by atoms with van der Waals surface area (Å²) in [4.78, 5) is 0. The summed E-state index contributed by atoms with van der Waals surface area (Å²) in [6, 6.07) is 25.4. The van der Waals surface area contributed by atoms with Gasteiger partial charge in [-0.3, -0.25) is 0 Å². The third-order valence-corrected chi connectivity index (χ3v) is 5.36. The van der Waals surface area contributed by atoms with Gasteiger partial charge in [-0.15, -0.1) is 0 Å². The predicted molar refractivity (Wildman–Crippen MR) is 130 cm³/mol. The van der Waals surface area contributed by atoms with E-state index in [-0.39, 0.29) is 0 Å². The number of benzene rings is 3. The first kappa shape index (κ1) is 25.3. The van der Waals surface area contributed by atoms with Crippen LogP contribution in [0.2, 0.25) is 0 Å². The fraction of sp³-hybridized carbons (Fsp3) is 0.276. The van der Waals surface area contributed by atoms with Crippen LogP contribution in [0.3, 0.4) is 0 Å². The summed E-state index contributed by atoms with van der Waals surface area (Å²) < 4.78 is 39.3. The quantitative estimate of drug-likeness (QED) is 0.199. The highest BCUT2D eigenvalue weighted by Crippen LogP contribution is 2.28. The fourth-order valence-corrected chi connectivity index (χ4v) is 3.70. The first-order chi connectivity index (χ1) is 16.7. The number of hydrogen-bond donors (Lipinski definition) is 0. The van der Waals surface area contributed by atoms with Gasteiger partial charge >= 0.3 is 0 Å². The summed E-state index contributed by atoms with van der Waals surface area (Å²) in [6.45, 7) is 1.98. The summed E-state index contributed by atoms with van der Waals surface area (Å²) in [5, 5.41) is 9.81. The van der Waals surface area contributed by atoms with Crippen LogP contribution in [0.1, 0.15) is 42.4 Å². The Bertz CT molecular complexity index is 1070. The summed E-state index contributed by atoms with van der Waals surface area (Å²) in [5.41, 5.74) is 3.76. The highest BCUT2D eigenvalue weighted by atomic mass is 19.1. The van der Waals surface area contributed by atoms with Crippen LogP contribution in [0, 0.1) is 23.0 Å². The molecule has 176 valence electrons. The molecule has 0 atom stereocenters. The van der Waals surface area contributed by atoms with Gasteiger partial charge in [0.15, 0.2) is 0 Å². The second kappa shape index (κ2) is 14.0. The maximum atomic E-state index is 13.9. The molecule has 3 aromatic rings. The van der Waals surface area contributed by atoms with Crippen molar-refractivity contribution in [1.29, 1.82) is 5.26 Å². The first-order valence-corrected chi connectivity index (χ1v) is 11.5. The number of allylic oxidation sites excluding steroid dienone is 2. The molecular formula is C29H29F2NO2. The van der Waals surface area contributed by atoms with E-state index in [0.29, 0.717) is 68.8 Å². The lowest BCUT2D eigenvalue weighted by molar-refractivity contribution is 0.118. The van der Waals surface area contributed by atoms with Crippen molar-refractivity contribution in [3.8, 4) is 6.07 Å². The van der Waals surface area contributed by atoms with Gasteiger partial charge in [-0.1, -0.05) is 60.7 Å². The number of ether oxygens (including phenoxy) is 2. The molecule has 0 aliphatic carbocycles.